The van der Waals surface area contributed by atoms with E-state index < -0.39 is 0 Å². The summed E-state index contributed by atoms with van der Waals surface area (Å²) >= 11 is 0. The second kappa shape index (κ2) is 23.0. The molecular formula is C8H18Br2MgO. The Hall–Kier alpha value is 1.69. The van der Waals surface area contributed by atoms with Crippen molar-refractivity contribution < 1.29 is 38.7 Å². The Bertz CT molecular complexity index is 50.3. The van der Waals surface area contributed by atoms with Gasteiger partial charge in [-0.1, -0.05) is 26.7 Å². The molecular weight excluding hydrogens is 296 g/mol. The Labute approximate surface area is 114 Å². The zero-order valence-corrected chi connectivity index (χ0v) is 12.7. The predicted molar refractivity (Wildman–Crippen MR) is 46.4 cm³/mol. The first-order chi connectivity index (χ1) is 4.41. The monoisotopic (exact) mass is 312 g/mol. The Balaban J connectivity index is -0.000000107. The van der Waals surface area contributed by atoms with Gasteiger partial charge in [0.2, 0.25) is 0 Å². The van der Waals surface area contributed by atoms with Crippen molar-refractivity contribution in [1.82, 2.24) is 0 Å². The van der Waals surface area contributed by atoms with E-state index in [0.717, 1.165) is 13.2 Å². The standard InChI is InChI=1S/C8H18O.2BrH.Mg/c1-3-5-7-9-8-6-4-2;;;/h3-8H2,1-2H3;2*1H;/q;;;+2/p-2. The van der Waals surface area contributed by atoms with Crippen molar-refractivity contribution >= 4 is 23.1 Å². The van der Waals surface area contributed by atoms with Gasteiger partial charge in [0.25, 0.3) is 0 Å². The van der Waals surface area contributed by atoms with Crippen LogP contribution in [-0.2, 0) is 4.74 Å². The molecule has 0 aromatic carbocycles. The van der Waals surface area contributed by atoms with E-state index in [1.165, 1.54) is 25.7 Å². The van der Waals surface area contributed by atoms with Crippen LogP contribution in [0.3, 0.4) is 0 Å². The van der Waals surface area contributed by atoms with Crippen LogP contribution in [0.25, 0.3) is 0 Å². The summed E-state index contributed by atoms with van der Waals surface area (Å²) in [7, 11) is 0. The maximum Gasteiger partial charge on any atom is 2.00 e. The van der Waals surface area contributed by atoms with E-state index in [1.807, 2.05) is 0 Å². The molecule has 0 radical (unpaired) electrons. The number of hydrogen-bond donors (Lipinski definition) is 0. The molecule has 0 amide bonds. The zero-order chi connectivity index (χ0) is 6.95. The minimum absolute atomic E-state index is 0. The largest absolute Gasteiger partial charge is 2.00 e. The molecule has 0 unspecified atom stereocenters. The topological polar surface area (TPSA) is 9.23 Å². The fraction of sp³-hybridized carbons (Fsp3) is 1.00. The SMILES string of the molecule is CCCCOCCCC.[Br-].[Br-].[Mg+2]. The molecule has 72 valence electrons. The van der Waals surface area contributed by atoms with Gasteiger partial charge in [-0.3, -0.25) is 0 Å². The third-order valence-corrected chi connectivity index (χ3v) is 1.28. The molecule has 0 aliphatic carbocycles. The van der Waals surface area contributed by atoms with E-state index >= 15 is 0 Å². The molecule has 0 aromatic rings. The van der Waals surface area contributed by atoms with E-state index in [2.05, 4.69) is 13.8 Å². The Morgan fingerprint density at radius 1 is 0.833 bits per heavy atom. The van der Waals surface area contributed by atoms with Gasteiger partial charge < -0.3 is 38.7 Å². The van der Waals surface area contributed by atoms with Crippen LogP contribution in [0.2, 0.25) is 0 Å². The molecule has 0 N–H and O–H groups in total. The summed E-state index contributed by atoms with van der Waals surface area (Å²) in [5.41, 5.74) is 0. The predicted octanol–water partition coefficient (Wildman–Crippen LogP) is -3.77. The van der Waals surface area contributed by atoms with Crippen LogP contribution in [0.15, 0.2) is 0 Å². The Kier molecular flexibility index (Phi) is 44.9. The quantitative estimate of drug-likeness (QED) is 0.361. The van der Waals surface area contributed by atoms with E-state index in [0.29, 0.717) is 0 Å². The second-order valence-electron chi connectivity index (χ2n) is 2.32. The van der Waals surface area contributed by atoms with Gasteiger partial charge in [-0.25, -0.2) is 0 Å². The van der Waals surface area contributed by atoms with Gasteiger partial charge in [0, 0.05) is 13.2 Å². The normalized spacial score (nSPS) is 7.50. The molecule has 0 fully saturated rings. The van der Waals surface area contributed by atoms with Crippen molar-refractivity contribution in [2.24, 2.45) is 0 Å². The van der Waals surface area contributed by atoms with Crippen LogP contribution < -0.4 is 34.0 Å². The van der Waals surface area contributed by atoms with Crippen molar-refractivity contribution in [3.05, 3.63) is 0 Å². The van der Waals surface area contributed by atoms with Crippen LogP contribution in [0.1, 0.15) is 39.5 Å². The summed E-state index contributed by atoms with van der Waals surface area (Å²) < 4.78 is 5.31. The summed E-state index contributed by atoms with van der Waals surface area (Å²) in [6.07, 6.45) is 4.91. The molecule has 0 aliphatic heterocycles. The molecule has 0 saturated heterocycles. The van der Waals surface area contributed by atoms with Gasteiger partial charge in [-0.2, -0.15) is 0 Å². The van der Waals surface area contributed by atoms with Crippen LogP contribution in [0, 0.1) is 0 Å². The number of hydrogen-bond acceptors (Lipinski definition) is 1. The van der Waals surface area contributed by atoms with Crippen molar-refractivity contribution in [2.45, 2.75) is 39.5 Å². The van der Waals surface area contributed by atoms with Gasteiger partial charge in [0.05, 0.1) is 0 Å². The summed E-state index contributed by atoms with van der Waals surface area (Å²) in [5.74, 6) is 0. The van der Waals surface area contributed by atoms with E-state index in [-0.39, 0.29) is 57.0 Å². The molecule has 0 saturated carbocycles. The summed E-state index contributed by atoms with van der Waals surface area (Å²) in [5, 5.41) is 0. The van der Waals surface area contributed by atoms with Gasteiger partial charge in [-0.05, 0) is 12.8 Å². The second-order valence-corrected chi connectivity index (χ2v) is 2.32. The average Bonchev–Trinajstić information content (AvgIpc) is 1.89. The number of halogens is 2. The van der Waals surface area contributed by atoms with E-state index in [1.54, 1.807) is 0 Å². The first-order valence-corrected chi connectivity index (χ1v) is 3.99. The summed E-state index contributed by atoms with van der Waals surface area (Å²) in [6, 6.07) is 0. The van der Waals surface area contributed by atoms with Crippen molar-refractivity contribution in [3.63, 3.8) is 0 Å². The van der Waals surface area contributed by atoms with Crippen molar-refractivity contribution in [3.8, 4) is 0 Å². The number of rotatable bonds is 6. The van der Waals surface area contributed by atoms with Crippen LogP contribution in [0.4, 0.5) is 0 Å². The number of ether oxygens (including phenoxy) is 1. The average molecular weight is 314 g/mol. The summed E-state index contributed by atoms with van der Waals surface area (Å²) in [6.45, 7) is 6.28. The molecule has 1 nitrogen and oxygen atoms in total. The maximum atomic E-state index is 5.31. The maximum absolute atomic E-state index is 5.31. The third kappa shape index (κ3) is 22.6. The fourth-order valence-corrected chi connectivity index (χ4v) is 0.595. The van der Waals surface area contributed by atoms with Gasteiger partial charge in [0.15, 0.2) is 0 Å². The molecule has 0 aromatic heterocycles. The minimum atomic E-state index is 0. The Morgan fingerprint density at radius 3 is 1.42 bits per heavy atom. The smallest absolute Gasteiger partial charge is 1.00 e. The molecule has 0 heterocycles. The molecule has 12 heavy (non-hydrogen) atoms. The van der Waals surface area contributed by atoms with Gasteiger partial charge in [0.1, 0.15) is 0 Å². The number of unbranched alkanes of at least 4 members (excludes halogenated alkanes) is 2. The van der Waals surface area contributed by atoms with Crippen molar-refractivity contribution in [1.29, 1.82) is 0 Å². The zero-order valence-electron chi connectivity index (χ0n) is 8.11. The molecule has 0 aliphatic rings. The molecule has 0 spiro atoms. The fourth-order valence-electron chi connectivity index (χ4n) is 0.595. The molecule has 0 bridgehead atoms. The van der Waals surface area contributed by atoms with Gasteiger partial charge >= 0.3 is 23.1 Å². The molecule has 0 rings (SSSR count). The molecule has 0 atom stereocenters. The first-order valence-electron chi connectivity index (χ1n) is 3.99. The first kappa shape index (κ1) is 23.5. The van der Waals surface area contributed by atoms with Gasteiger partial charge in [-0.15, -0.1) is 0 Å². The third-order valence-electron chi connectivity index (χ3n) is 1.28. The minimum Gasteiger partial charge on any atom is -1.00 e. The summed E-state index contributed by atoms with van der Waals surface area (Å²) in [4.78, 5) is 0. The van der Waals surface area contributed by atoms with Crippen molar-refractivity contribution in [2.75, 3.05) is 13.2 Å². The van der Waals surface area contributed by atoms with Crippen LogP contribution in [-0.4, -0.2) is 36.3 Å². The van der Waals surface area contributed by atoms with E-state index in [4.69, 9.17) is 4.74 Å². The van der Waals surface area contributed by atoms with E-state index in [9.17, 15) is 0 Å². The van der Waals surface area contributed by atoms with Crippen LogP contribution in [0.5, 0.6) is 0 Å². The van der Waals surface area contributed by atoms with Crippen LogP contribution >= 0.6 is 0 Å². The Morgan fingerprint density at radius 2 is 1.17 bits per heavy atom. The molecule has 4 heteroatoms.